The van der Waals surface area contributed by atoms with E-state index in [4.69, 9.17) is 15.9 Å². The summed E-state index contributed by atoms with van der Waals surface area (Å²) >= 11 is 1.27. The van der Waals surface area contributed by atoms with Gasteiger partial charge in [0.15, 0.2) is 5.17 Å². The summed E-state index contributed by atoms with van der Waals surface area (Å²) in [5.41, 5.74) is 1.84. The summed E-state index contributed by atoms with van der Waals surface area (Å²) in [4.78, 5) is 31.2. The third-order valence-corrected chi connectivity index (χ3v) is 6.09. The Hall–Kier alpha value is -4.02. The lowest BCUT2D eigenvalue weighted by Crippen LogP contribution is -2.23. The van der Waals surface area contributed by atoms with Crippen molar-refractivity contribution >= 4 is 51.3 Å². The Morgan fingerprint density at radius 1 is 1.15 bits per heavy atom. The number of terminal acetylenes is 1. The number of benzene rings is 3. The van der Waals surface area contributed by atoms with Crippen LogP contribution in [0, 0.1) is 12.3 Å². The van der Waals surface area contributed by atoms with Crippen LogP contribution in [0.15, 0.2) is 70.6 Å². The van der Waals surface area contributed by atoms with E-state index in [-0.39, 0.29) is 12.5 Å². The first-order valence-electron chi connectivity index (χ1n) is 10.0. The fourth-order valence-corrected chi connectivity index (χ4v) is 4.32. The number of carbonyl (C=O) groups is 2. The summed E-state index contributed by atoms with van der Waals surface area (Å²) in [6.07, 6.45) is 7.19. The number of rotatable bonds is 5. The maximum absolute atomic E-state index is 13.0. The highest BCUT2D eigenvalue weighted by Gasteiger charge is 2.31. The number of aliphatic imine (C=N–C) groups is 1. The molecule has 33 heavy (non-hydrogen) atoms. The van der Waals surface area contributed by atoms with E-state index >= 15 is 0 Å². The number of thioether (sulfide) groups is 1. The second-order valence-electron chi connectivity index (χ2n) is 7.10. The van der Waals surface area contributed by atoms with Crippen LogP contribution in [0.3, 0.4) is 0 Å². The molecule has 0 N–H and O–H groups in total. The third-order valence-electron chi connectivity index (χ3n) is 5.03. The van der Waals surface area contributed by atoms with Gasteiger partial charge in [-0.05, 0) is 58.9 Å². The van der Waals surface area contributed by atoms with Crippen LogP contribution in [0.5, 0.6) is 5.75 Å². The number of hydrogen-bond acceptors (Lipinski definition) is 6. The van der Waals surface area contributed by atoms with E-state index in [1.54, 1.807) is 31.3 Å². The zero-order chi connectivity index (χ0) is 23.4. The number of fused-ring (bicyclic) bond motifs is 1. The van der Waals surface area contributed by atoms with E-state index in [1.165, 1.54) is 23.8 Å². The van der Waals surface area contributed by atoms with Gasteiger partial charge in [0.1, 0.15) is 12.4 Å². The standard InChI is InChI=1S/C26H20N2O4S/c1-4-15-32-22-14-11-17-7-5-6-8-20(17)21(22)16-23-24(29)28(2)26(33-23)27-19-12-9-18(10-13-19)25(30)31-3/h1,5-14,16H,15H2,2-3H3/b23-16+,27-26?. The van der Waals surface area contributed by atoms with Crippen LogP contribution in [-0.4, -0.2) is 42.7 Å². The van der Waals surface area contributed by atoms with Crippen LogP contribution in [0.25, 0.3) is 16.8 Å². The van der Waals surface area contributed by atoms with Crippen molar-refractivity contribution in [1.29, 1.82) is 0 Å². The van der Waals surface area contributed by atoms with E-state index in [0.29, 0.717) is 27.1 Å². The average Bonchev–Trinajstić information content (AvgIpc) is 3.11. The number of methoxy groups -OCH3 is 1. The predicted octanol–water partition coefficient (Wildman–Crippen LogP) is 4.87. The Balaban J connectivity index is 1.70. The summed E-state index contributed by atoms with van der Waals surface area (Å²) < 4.78 is 10.5. The number of esters is 1. The van der Waals surface area contributed by atoms with Crippen molar-refractivity contribution in [2.45, 2.75) is 0 Å². The molecular weight excluding hydrogens is 436 g/mol. The second-order valence-corrected chi connectivity index (χ2v) is 8.11. The van der Waals surface area contributed by atoms with Gasteiger partial charge in [-0.25, -0.2) is 9.79 Å². The van der Waals surface area contributed by atoms with Crippen LogP contribution in [0.1, 0.15) is 15.9 Å². The normalized spacial score (nSPS) is 15.8. The molecule has 1 heterocycles. The first kappa shape index (κ1) is 22.2. The summed E-state index contributed by atoms with van der Waals surface area (Å²) in [5.74, 6) is 2.51. The number of amidine groups is 1. The van der Waals surface area contributed by atoms with Crippen LogP contribution in [0.4, 0.5) is 5.69 Å². The average molecular weight is 457 g/mol. The number of likely N-dealkylation sites (N-methyl/N-ethyl adjacent to an activating group) is 1. The molecule has 1 amide bonds. The van der Waals surface area contributed by atoms with E-state index in [9.17, 15) is 9.59 Å². The first-order valence-corrected chi connectivity index (χ1v) is 10.9. The highest BCUT2D eigenvalue weighted by atomic mass is 32.2. The number of amides is 1. The molecule has 0 unspecified atom stereocenters. The van der Waals surface area contributed by atoms with Gasteiger partial charge in [-0.1, -0.05) is 36.3 Å². The molecule has 0 atom stereocenters. The fraction of sp³-hybridized carbons (Fsp3) is 0.115. The van der Waals surface area contributed by atoms with Crippen molar-refractivity contribution in [3.63, 3.8) is 0 Å². The van der Waals surface area contributed by atoms with Crippen LogP contribution in [-0.2, 0) is 9.53 Å². The molecule has 1 aliphatic heterocycles. The molecular formula is C26H20N2O4S. The maximum atomic E-state index is 13.0. The quantitative estimate of drug-likeness (QED) is 0.311. The summed E-state index contributed by atoms with van der Waals surface area (Å²) in [6.45, 7) is 0.129. The van der Waals surface area contributed by atoms with Gasteiger partial charge in [0.2, 0.25) is 0 Å². The van der Waals surface area contributed by atoms with Gasteiger partial charge in [0.05, 0.1) is 23.3 Å². The molecule has 0 aliphatic carbocycles. The maximum Gasteiger partial charge on any atom is 0.337 e. The van der Waals surface area contributed by atoms with Gasteiger partial charge in [-0.15, -0.1) is 6.42 Å². The van der Waals surface area contributed by atoms with Gasteiger partial charge in [-0.2, -0.15) is 0 Å². The Morgan fingerprint density at radius 3 is 2.64 bits per heavy atom. The molecule has 0 spiro atoms. The minimum Gasteiger partial charge on any atom is -0.480 e. The van der Waals surface area contributed by atoms with Crippen molar-refractivity contribution in [3.05, 3.63) is 76.7 Å². The molecule has 4 rings (SSSR count). The highest BCUT2D eigenvalue weighted by molar-refractivity contribution is 8.18. The minimum atomic E-state index is -0.417. The summed E-state index contributed by atoms with van der Waals surface area (Å²) in [7, 11) is 3.01. The van der Waals surface area contributed by atoms with Crippen molar-refractivity contribution in [2.75, 3.05) is 20.8 Å². The smallest absolute Gasteiger partial charge is 0.337 e. The lowest BCUT2D eigenvalue weighted by molar-refractivity contribution is -0.121. The first-order chi connectivity index (χ1) is 16.0. The largest absolute Gasteiger partial charge is 0.480 e. The predicted molar refractivity (Wildman–Crippen MR) is 131 cm³/mol. The Bertz CT molecular complexity index is 1340. The van der Waals surface area contributed by atoms with Gasteiger partial charge in [0, 0.05) is 12.6 Å². The highest BCUT2D eigenvalue weighted by Crippen LogP contribution is 2.37. The number of nitrogens with zero attached hydrogens (tertiary/aromatic N) is 2. The lowest BCUT2D eigenvalue weighted by Gasteiger charge is -2.11. The van der Waals surface area contributed by atoms with Gasteiger partial charge in [-0.3, -0.25) is 9.69 Å². The molecule has 0 aromatic heterocycles. The zero-order valence-corrected chi connectivity index (χ0v) is 18.9. The van der Waals surface area contributed by atoms with Crippen molar-refractivity contribution < 1.29 is 19.1 Å². The van der Waals surface area contributed by atoms with Crippen molar-refractivity contribution in [2.24, 2.45) is 4.99 Å². The van der Waals surface area contributed by atoms with E-state index in [0.717, 1.165) is 16.3 Å². The summed E-state index contributed by atoms with van der Waals surface area (Å²) in [5, 5.41) is 2.52. The number of ether oxygens (including phenoxy) is 2. The van der Waals surface area contributed by atoms with Gasteiger partial charge in [0.25, 0.3) is 5.91 Å². The Labute approximate surface area is 195 Å². The van der Waals surface area contributed by atoms with Crippen LogP contribution >= 0.6 is 11.8 Å². The topological polar surface area (TPSA) is 68.2 Å². The Morgan fingerprint density at radius 2 is 1.91 bits per heavy atom. The second kappa shape index (κ2) is 9.63. The van der Waals surface area contributed by atoms with Crippen LogP contribution < -0.4 is 4.74 Å². The number of hydrogen-bond donors (Lipinski definition) is 0. The fourth-order valence-electron chi connectivity index (χ4n) is 3.35. The minimum absolute atomic E-state index is 0.129. The molecule has 0 radical (unpaired) electrons. The SMILES string of the molecule is C#CCOc1ccc2ccccc2c1/C=C1/SC(=Nc2ccc(C(=O)OC)cc2)N(C)C1=O. The molecule has 0 saturated carbocycles. The van der Waals surface area contributed by atoms with E-state index in [2.05, 4.69) is 10.9 Å². The molecule has 3 aromatic carbocycles. The molecule has 0 bridgehead atoms. The molecule has 7 heteroatoms. The molecule has 1 aliphatic rings. The molecule has 1 fully saturated rings. The molecule has 164 valence electrons. The van der Waals surface area contributed by atoms with E-state index in [1.807, 2.05) is 42.5 Å². The van der Waals surface area contributed by atoms with Crippen LogP contribution in [0.2, 0.25) is 0 Å². The Kier molecular flexibility index (Phi) is 6.48. The monoisotopic (exact) mass is 456 g/mol. The summed E-state index contributed by atoms with van der Waals surface area (Å²) in [6, 6.07) is 18.4. The van der Waals surface area contributed by atoms with E-state index < -0.39 is 5.97 Å². The molecule has 6 nitrogen and oxygen atoms in total. The van der Waals surface area contributed by atoms with Crippen molar-refractivity contribution in [3.8, 4) is 18.1 Å². The zero-order valence-electron chi connectivity index (χ0n) is 18.1. The van der Waals surface area contributed by atoms with Crippen molar-refractivity contribution in [1.82, 2.24) is 4.90 Å². The molecule has 3 aromatic rings. The van der Waals surface area contributed by atoms with Gasteiger partial charge >= 0.3 is 5.97 Å². The lowest BCUT2D eigenvalue weighted by atomic mass is 10.0. The third kappa shape index (κ3) is 4.61. The van der Waals surface area contributed by atoms with Gasteiger partial charge < -0.3 is 9.47 Å². The molecule has 1 saturated heterocycles. The number of carbonyl (C=O) groups excluding carboxylic acids is 2.